The van der Waals surface area contributed by atoms with Crippen molar-refractivity contribution >= 4 is 28.2 Å². The van der Waals surface area contributed by atoms with Gasteiger partial charge in [-0.3, -0.25) is 4.79 Å². The molecule has 1 aromatic heterocycles. The van der Waals surface area contributed by atoms with Gasteiger partial charge in [-0.25, -0.2) is 13.2 Å². The molecule has 240 valence electrons. The number of piperazine rings is 1. The molecule has 9 nitrogen and oxygen atoms in total. The predicted octanol–water partition coefficient (Wildman–Crippen LogP) is 5.13. The number of aryl methyl sites for hydroxylation is 1. The van der Waals surface area contributed by atoms with Crippen LogP contribution in [0.4, 0.5) is 24.7 Å². The van der Waals surface area contributed by atoms with E-state index in [-0.39, 0.29) is 13.0 Å². The van der Waals surface area contributed by atoms with Crippen LogP contribution in [0.5, 0.6) is 6.01 Å². The van der Waals surface area contributed by atoms with E-state index in [1.54, 1.807) is 25.1 Å². The SMILES string of the molecule is C=C(F)C(=O)N1CCN(c2nc(OC)nc3c2CCN(c2cccc4cccc(C)c24)C3)CC1.CC#N.CN1CCC(F)(F)C1. The zero-order chi connectivity index (χ0) is 32.7. The van der Waals surface area contributed by atoms with Gasteiger partial charge in [0, 0.05) is 69.3 Å². The monoisotopic (exact) mass is 623 g/mol. The van der Waals surface area contributed by atoms with Crippen LogP contribution < -0.4 is 14.5 Å². The number of hydrogen-bond acceptors (Lipinski definition) is 8. The van der Waals surface area contributed by atoms with Gasteiger partial charge in [-0.1, -0.05) is 36.9 Å². The van der Waals surface area contributed by atoms with Gasteiger partial charge in [0.15, 0.2) is 5.83 Å². The van der Waals surface area contributed by atoms with Crippen LogP contribution in [-0.4, -0.2) is 91.6 Å². The van der Waals surface area contributed by atoms with Crippen LogP contribution >= 0.6 is 0 Å². The average molecular weight is 624 g/mol. The highest BCUT2D eigenvalue weighted by molar-refractivity contribution is 5.97. The molecule has 0 unspecified atom stereocenters. The zero-order valence-electron chi connectivity index (χ0n) is 26.3. The second-order valence-electron chi connectivity index (χ2n) is 11.3. The van der Waals surface area contributed by atoms with E-state index >= 15 is 0 Å². The number of likely N-dealkylation sites (tertiary alicyclic amines) is 1. The largest absolute Gasteiger partial charge is 0.467 e. The Morgan fingerprint density at radius 1 is 1.04 bits per heavy atom. The van der Waals surface area contributed by atoms with Crippen LogP contribution in [0.3, 0.4) is 0 Å². The summed E-state index contributed by atoms with van der Waals surface area (Å²) < 4.78 is 43.0. The number of fused-ring (bicyclic) bond motifs is 2. The molecule has 0 atom stereocenters. The fourth-order valence-corrected chi connectivity index (χ4v) is 5.92. The molecule has 4 heterocycles. The maximum atomic E-state index is 13.3. The lowest BCUT2D eigenvalue weighted by Crippen LogP contribution is -2.49. The first-order chi connectivity index (χ1) is 21.5. The second-order valence-corrected chi connectivity index (χ2v) is 11.3. The van der Waals surface area contributed by atoms with Crippen molar-refractivity contribution in [2.45, 2.75) is 39.2 Å². The van der Waals surface area contributed by atoms with Crippen LogP contribution in [-0.2, 0) is 17.8 Å². The van der Waals surface area contributed by atoms with E-state index in [9.17, 15) is 18.0 Å². The van der Waals surface area contributed by atoms with Crippen molar-refractivity contribution in [1.29, 1.82) is 5.26 Å². The number of nitriles is 1. The third-order valence-electron chi connectivity index (χ3n) is 8.10. The zero-order valence-corrected chi connectivity index (χ0v) is 26.3. The van der Waals surface area contributed by atoms with Crippen LogP contribution in [0.2, 0.25) is 0 Å². The molecule has 2 fully saturated rings. The minimum atomic E-state index is -2.41. The van der Waals surface area contributed by atoms with E-state index in [0.717, 1.165) is 30.0 Å². The molecule has 1 amide bonds. The van der Waals surface area contributed by atoms with Gasteiger partial charge >= 0.3 is 6.01 Å². The molecule has 3 aliphatic rings. The molecule has 2 saturated heterocycles. The highest BCUT2D eigenvalue weighted by Gasteiger charge is 2.36. The molecule has 3 aliphatic heterocycles. The molecular formula is C33H40F3N7O2. The molecule has 0 radical (unpaired) electrons. The summed E-state index contributed by atoms with van der Waals surface area (Å²) in [5.74, 6) is -3.11. The van der Waals surface area contributed by atoms with Crippen LogP contribution in [0.25, 0.3) is 10.8 Å². The molecule has 2 aromatic carbocycles. The maximum Gasteiger partial charge on any atom is 0.318 e. The highest BCUT2D eigenvalue weighted by atomic mass is 19.3. The lowest BCUT2D eigenvalue weighted by Gasteiger charge is -2.38. The highest BCUT2D eigenvalue weighted by Crippen LogP contribution is 2.35. The lowest BCUT2D eigenvalue weighted by atomic mass is 9.99. The van der Waals surface area contributed by atoms with Gasteiger partial charge in [-0.15, -0.1) is 0 Å². The molecule has 45 heavy (non-hydrogen) atoms. The summed E-state index contributed by atoms with van der Waals surface area (Å²) in [5.41, 5.74) is 4.53. The number of alkyl halides is 2. The van der Waals surface area contributed by atoms with Crippen LogP contribution in [0, 0.1) is 18.3 Å². The van der Waals surface area contributed by atoms with E-state index in [0.29, 0.717) is 45.3 Å². The number of nitrogens with zero attached hydrogens (tertiary/aromatic N) is 7. The number of hydrogen-bond donors (Lipinski definition) is 0. The second kappa shape index (κ2) is 14.6. The Kier molecular flexibility index (Phi) is 10.9. The first kappa shape index (κ1) is 33.5. The van der Waals surface area contributed by atoms with Gasteiger partial charge in [-0.2, -0.15) is 15.2 Å². The fraction of sp³-hybridized carbons (Fsp3) is 0.455. The number of amides is 1. The van der Waals surface area contributed by atoms with Crippen molar-refractivity contribution in [3.8, 4) is 12.1 Å². The molecule has 6 rings (SSSR count). The van der Waals surface area contributed by atoms with Crippen molar-refractivity contribution in [2.75, 3.05) is 69.8 Å². The van der Waals surface area contributed by atoms with Crippen LogP contribution in [0.15, 0.2) is 48.8 Å². The maximum absolute atomic E-state index is 13.3. The summed E-state index contributed by atoms with van der Waals surface area (Å²) in [5, 5.41) is 9.82. The minimum absolute atomic E-state index is 0.0312. The fourth-order valence-electron chi connectivity index (χ4n) is 5.92. The third kappa shape index (κ3) is 8.02. The average Bonchev–Trinajstić information content (AvgIpc) is 3.36. The number of benzene rings is 2. The summed E-state index contributed by atoms with van der Waals surface area (Å²) in [6.45, 7) is 10.7. The molecule has 0 N–H and O–H groups in total. The number of rotatable bonds is 4. The van der Waals surface area contributed by atoms with Gasteiger partial charge in [-0.05, 0) is 37.4 Å². The van der Waals surface area contributed by atoms with Crippen molar-refractivity contribution in [3.63, 3.8) is 0 Å². The smallest absolute Gasteiger partial charge is 0.318 e. The van der Waals surface area contributed by atoms with Crippen molar-refractivity contribution in [2.24, 2.45) is 0 Å². The number of halogens is 3. The number of ether oxygens (including phenoxy) is 1. The van der Waals surface area contributed by atoms with Crippen molar-refractivity contribution < 1.29 is 22.7 Å². The number of methoxy groups -OCH3 is 1. The predicted molar refractivity (Wildman–Crippen MR) is 169 cm³/mol. The Balaban J connectivity index is 0.000000357. The third-order valence-corrected chi connectivity index (χ3v) is 8.10. The van der Waals surface area contributed by atoms with Gasteiger partial charge in [0.1, 0.15) is 5.82 Å². The molecule has 0 spiro atoms. The van der Waals surface area contributed by atoms with E-state index in [1.165, 1.54) is 33.8 Å². The van der Waals surface area contributed by atoms with Crippen molar-refractivity contribution in [1.82, 2.24) is 19.8 Å². The van der Waals surface area contributed by atoms with Gasteiger partial charge in [0.2, 0.25) is 0 Å². The topological polar surface area (TPSA) is 88.8 Å². The molecule has 0 bridgehead atoms. The normalized spacial score (nSPS) is 17.3. The molecule has 12 heteroatoms. The Labute approximate surface area is 262 Å². The van der Waals surface area contributed by atoms with Gasteiger partial charge < -0.3 is 24.3 Å². The minimum Gasteiger partial charge on any atom is -0.467 e. The van der Waals surface area contributed by atoms with E-state index in [4.69, 9.17) is 15.0 Å². The summed E-state index contributed by atoms with van der Waals surface area (Å²) in [7, 11) is 3.28. The lowest BCUT2D eigenvalue weighted by molar-refractivity contribution is -0.128. The molecule has 0 aliphatic carbocycles. The molecule has 0 saturated carbocycles. The molecular weight excluding hydrogens is 583 g/mol. The number of carbonyl (C=O) groups is 1. The van der Waals surface area contributed by atoms with Crippen LogP contribution in [0.1, 0.15) is 30.2 Å². The standard InChI is InChI=1S/C26H28FN5O2.C5H9F2N.C2H3N/c1-17-6-4-7-19-8-5-9-22(23(17)19)32-11-10-20-21(16-32)28-26(34-3)29-24(20)30-12-14-31(15-13-30)25(33)18(2)27;1-8-3-2-5(6,7)4-8;1-2-3/h4-9H,2,10-16H2,1,3H3;2-4H2,1H3;1H3. The number of anilines is 2. The summed E-state index contributed by atoms with van der Waals surface area (Å²) >= 11 is 0. The van der Waals surface area contributed by atoms with E-state index in [2.05, 4.69) is 64.7 Å². The Hall–Kier alpha value is -4.37. The van der Waals surface area contributed by atoms with Crippen molar-refractivity contribution in [3.05, 3.63) is 65.6 Å². The Morgan fingerprint density at radius 3 is 2.27 bits per heavy atom. The van der Waals surface area contributed by atoms with E-state index in [1.807, 2.05) is 0 Å². The van der Waals surface area contributed by atoms with Gasteiger partial charge in [0.25, 0.3) is 11.8 Å². The Bertz CT molecular complexity index is 1560. The first-order valence-corrected chi connectivity index (χ1v) is 14.9. The number of carbonyl (C=O) groups excluding carboxylic acids is 1. The van der Waals surface area contributed by atoms with Gasteiger partial charge in [0.05, 0.1) is 32.0 Å². The first-order valence-electron chi connectivity index (χ1n) is 14.9. The Morgan fingerprint density at radius 2 is 1.71 bits per heavy atom. The molecule has 3 aromatic rings. The summed E-state index contributed by atoms with van der Waals surface area (Å²) in [4.78, 5) is 29.0. The number of aromatic nitrogens is 2. The summed E-state index contributed by atoms with van der Waals surface area (Å²) in [6.07, 6.45) is 0.834. The van der Waals surface area contributed by atoms with E-state index < -0.39 is 17.7 Å². The quantitative estimate of drug-likeness (QED) is 0.370. The summed E-state index contributed by atoms with van der Waals surface area (Å²) in [6, 6.07) is 14.9.